The number of benzene rings is 1. The van der Waals surface area contributed by atoms with Crippen LogP contribution in [0.1, 0.15) is 5.69 Å². The smallest absolute Gasteiger partial charge is 0.181 e. The Hall–Kier alpha value is -0.800. The first kappa shape index (κ1) is 9.74. The van der Waals surface area contributed by atoms with Crippen LogP contribution in [-0.2, 0) is 5.88 Å². The van der Waals surface area contributed by atoms with E-state index in [-0.39, 0.29) is 0 Å². The molecule has 0 bridgehead atoms. The van der Waals surface area contributed by atoms with E-state index in [1.165, 1.54) is 6.39 Å². The van der Waals surface area contributed by atoms with Crippen LogP contribution < -0.4 is 0 Å². The molecule has 2 aromatic rings. The van der Waals surface area contributed by atoms with Crippen LogP contribution >= 0.6 is 27.5 Å². The third-order valence-corrected chi connectivity index (χ3v) is 2.66. The van der Waals surface area contributed by atoms with Gasteiger partial charge < -0.3 is 4.42 Å². The monoisotopic (exact) mass is 271 g/mol. The molecule has 0 aliphatic rings. The summed E-state index contributed by atoms with van der Waals surface area (Å²) in [6.07, 6.45) is 1.41. The number of nitrogens with zero attached hydrogens (tertiary/aromatic N) is 1. The van der Waals surface area contributed by atoms with E-state index in [4.69, 9.17) is 16.0 Å². The molecule has 1 heterocycles. The molecule has 0 unspecified atom stereocenters. The standard InChI is InChI=1S/C10H7BrClNO/c11-8-3-1-7(2-4-8)10-9(5-12)13-6-14-10/h1-4,6H,5H2. The molecule has 0 aliphatic carbocycles. The highest BCUT2D eigenvalue weighted by atomic mass is 79.9. The molecule has 72 valence electrons. The molecule has 14 heavy (non-hydrogen) atoms. The second-order valence-corrected chi connectivity index (χ2v) is 3.95. The molecule has 0 amide bonds. The molecule has 0 fully saturated rings. The van der Waals surface area contributed by atoms with Crippen molar-refractivity contribution in [3.8, 4) is 11.3 Å². The van der Waals surface area contributed by atoms with Crippen LogP contribution in [0.3, 0.4) is 0 Å². The Kier molecular flexibility index (Phi) is 2.89. The summed E-state index contributed by atoms with van der Waals surface area (Å²) in [5.41, 5.74) is 1.76. The van der Waals surface area contributed by atoms with Crippen LogP contribution in [0.4, 0.5) is 0 Å². The van der Waals surface area contributed by atoms with E-state index in [0.717, 1.165) is 21.5 Å². The summed E-state index contributed by atoms with van der Waals surface area (Å²) in [6, 6.07) is 7.83. The Morgan fingerprint density at radius 1 is 1.29 bits per heavy atom. The average Bonchev–Trinajstić information content (AvgIpc) is 2.67. The topological polar surface area (TPSA) is 26.0 Å². The number of oxazole rings is 1. The van der Waals surface area contributed by atoms with Crippen molar-refractivity contribution >= 4 is 27.5 Å². The van der Waals surface area contributed by atoms with Crippen molar-refractivity contribution in [1.29, 1.82) is 0 Å². The maximum absolute atomic E-state index is 5.72. The molecule has 0 saturated heterocycles. The van der Waals surface area contributed by atoms with E-state index in [0.29, 0.717) is 5.88 Å². The predicted octanol–water partition coefficient (Wildman–Crippen LogP) is 3.84. The van der Waals surface area contributed by atoms with Gasteiger partial charge in [-0.2, -0.15) is 0 Å². The molecule has 0 atom stereocenters. The van der Waals surface area contributed by atoms with Crippen LogP contribution in [0.25, 0.3) is 11.3 Å². The SMILES string of the molecule is ClCc1ncoc1-c1ccc(Br)cc1. The van der Waals surface area contributed by atoms with Gasteiger partial charge in [0.15, 0.2) is 12.2 Å². The molecule has 0 radical (unpaired) electrons. The Morgan fingerprint density at radius 3 is 2.64 bits per heavy atom. The minimum atomic E-state index is 0.363. The lowest BCUT2D eigenvalue weighted by atomic mass is 10.1. The number of alkyl halides is 1. The Balaban J connectivity index is 2.44. The van der Waals surface area contributed by atoms with Crippen LogP contribution in [0.2, 0.25) is 0 Å². The zero-order chi connectivity index (χ0) is 9.97. The number of rotatable bonds is 2. The Morgan fingerprint density at radius 2 is 2.00 bits per heavy atom. The second-order valence-electron chi connectivity index (χ2n) is 2.77. The zero-order valence-corrected chi connectivity index (χ0v) is 9.55. The molecular weight excluding hydrogens is 265 g/mol. The van der Waals surface area contributed by atoms with Gasteiger partial charge in [0.05, 0.1) is 5.88 Å². The zero-order valence-electron chi connectivity index (χ0n) is 7.21. The highest BCUT2D eigenvalue weighted by Gasteiger charge is 2.08. The summed E-state index contributed by atoms with van der Waals surface area (Å²) < 4.78 is 6.31. The first-order chi connectivity index (χ1) is 6.81. The predicted molar refractivity (Wildman–Crippen MR) is 59.2 cm³/mol. The fraction of sp³-hybridized carbons (Fsp3) is 0.100. The number of aromatic nitrogens is 1. The molecule has 1 aromatic carbocycles. The lowest BCUT2D eigenvalue weighted by Gasteiger charge is -1.98. The third kappa shape index (κ3) is 1.83. The van der Waals surface area contributed by atoms with E-state index in [9.17, 15) is 0 Å². The quantitative estimate of drug-likeness (QED) is 0.776. The maximum atomic E-state index is 5.72. The van der Waals surface area contributed by atoms with E-state index in [2.05, 4.69) is 20.9 Å². The summed E-state index contributed by atoms with van der Waals surface area (Å²) in [5.74, 6) is 1.11. The molecule has 2 nitrogen and oxygen atoms in total. The number of halogens is 2. The molecule has 2 rings (SSSR count). The number of hydrogen-bond donors (Lipinski definition) is 0. The fourth-order valence-corrected chi connectivity index (χ4v) is 1.66. The van der Waals surface area contributed by atoms with Crippen molar-refractivity contribution in [3.05, 3.63) is 40.8 Å². The van der Waals surface area contributed by atoms with Gasteiger partial charge in [-0.3, -0.25) is 0 Å². The summed E-state index contributed by atoms with van der Waals surface area (Å²) in [4.78, 5) is 4.02. The van der Waals surface area contributed by atoms with Crippen molar-refractivity contribution in [2.45, 2.75) is 5.88 Å². The van der Waals surface area contributed by atoms with Gasteiger partial charge in [-0.1, -0.05) is 28.1 Å². The average molecular weight is 273 g/mol. The van der Waals surface area contributed by atoms with E-state index >= 15 is 0 Å². The van der Waals surface area contributed by atoms with Gasteiger partial charge >= 0.3 is 0 Å². The van der Waals surface area contributed by atoms with Crippen molar-refractivity contribution in [2.24, 2.45) is 0 Å². The molecule has 1 aromatic heterocycles. The van der Waals surface area contributed by atoms with Crippen molar-refractivity contribution in [3.63, 3.8) is 0 Å². The largest absolute Gasteiger partial charge is 0.443 e. The van der Waals surface area contributed by atoms with Crippen molar-refractivity contribution in [1.82, 2.24) is 4.98 Å². The Bertz CT molecular complexity index is 424. The van der Waals surface area contributed by atoms with E-state index in [1.807, 2.05) is 24.3 Å². The minimum absolute atomic E-state index is 0.363. The van der Waals surface area contributed by atoms with Gasteiger partial charge in [0.2, 0.25) is 0 Å². The summed E-state index contributed by atoms with van der Waals surface area (Å²) in [5, 5.41) is 0. The van der Waals surface area contributed by atoms with Crippen LogP contribution in [0, 0.1) is 0 Å². The lowest BCUT2D eigenvalue weighted by molar-refractivity contribution is 0.571. The van der Waals surface area contributed by atoms with Gasteiger partial charge in [0, 0.05) is 10.0 Å². The summed E-state index contributed by atoms with van der Waals surface area (Å²) in [6.45, 7) is 0. The normalized spacial score (nSPS) is 10.4. The number of hydrogen-bond acceptors (Lipinski definition) is 2. The lowest BCUT2D eigenvalue weighted by Crippen LogP contribution is -1.82. The van der Waals surface area contributed by atoms with Gasteiger partial charge in [0.25, 0.3) is 0 Å². The van der Waals surface area contributed by atoms with Crippen LogP contribution in [0.15, 0.2) is 39.5 Å². The fourth-order valence-electron chi connectivity index (χ4n) is 1.20. The molecule has 0 aliphatic heterocycles. The minimum Gasteiger partial charge on any atom is -0.443 e. The van der Waals surface area contributed by atoms with Gasteiger partial charge in [0.1, 0.15) is 5.69 Å². The third-order valence-electron chi connectivity index (χ3n) is 1.87. The molecule has 0 N–H and O–H groups in total. The van der Waals surface area contributed by atoms with Crippen LogP contribution in [0.5, 0.6) is 0 Å². The van der Waals surface area contributed by atoms with Gasteiger partial charge in [-0.05, 0) is 12.1 Å². The van der Waals surface area contributed by atoms with Gasteiger partial charge in [-0.15, -0.1) is 11.6 Å². The highest BCUT2D eigenvalue weighted by molar-refractivity contribution is 9.10. The van der Waals surface area contributed by atoms with Gasteiger partial charge in [-0.25, -0.2) is 4.98 Å². The van der Waals surface area contributed by atoms with E-state index in [1.54, 1.807) is 0 Å². The second kappa shape index (κ2) is 4.15. The first-order valence-electron chi connectivity index (χ1n) is 4.05. The first-order valence-corrected chi connectivity index (χ1v) is 5.38. The van der Waals surface area contributed by atoms with Crippen LogP contribution in [-0.4, -0.2) is 4.98 Å². The Labute approximate surface area is 95.0 Å². The summed E-state index contributed by atoms with van der Waals surface area (Å²) in [7, 11) is 0. The molecular formula is C10H7BrClNO. The highest BCUT2D eigenvalue weighted by Crippen LogP contribution is 2.25. The van der Waals surface area contributed by atoms with E-state index < -0.39 is 0 Å². The van der Waals surface area contributed by atoms with Crippen molar-refractivity contribution < 1.29 is 4.42 Å². The summed E-state index contributed by atoms with van der Waals surface area (Å²) >= 11 is 9.09. The molecule has 0 saturated carbocycles. The maximum Gasteiger partial charge on any atom is 0.181 e. The van der Waals surface area contributed by atoms with Crippen molar-refractivity contribution in [2.75, 3.05) is 0 Å². The molecule has 4 heteroatoms. The molecule has 0 spiro atoms.